The summed E-state index contributed by atoms with van der Waals surface area (Å²) in [6.07, 6.45) is -1.76. The lowest BCUT2D eigenvalue weighted by molar-refractivity contribution is -0.211. The number of carbonyl (C=O) groups excluding carboxylic acids is 4. The highest BCUT2D eigenvalue weighted by atomic mass is 16.4. The second-order valence-electron chi connectivity index (χ2n) is 13.2. The molecule has 1 unspecified atom stereocenters. The fourth-order valence-corrected chi connectivity index (χ4v) is 8.23. The van der Waals surface area contributed by atoms with Crippen LogP contribution in [0, 0.1) is 22.7 Å². The third kappa shape index (κ3) is 3.85. The summed E-state index contributed by atoms with van der Waals surface area (Å²) in [5, 5.41) is 59.0. The maximum Gasteiger partial charge on any atom is 0.209 e. The van der Waals surface area contributed by atoms with Crippen molar-refractivity contribution in [2.45, 2.75) is 72.0 Å². The lowest BCUT2D eigenvalue weighted by Gasteiger charge is -2.63. The van der Waals surface area contributed by atoms with Crippen LogP contribution in [0.4, 0.5) is 0 Å². The van der Waals surface area contributed by atoms with Gasteiger partial charge in [0.15, 0.2) is 17.2 Å². The van der Waals surface area contributed by atoms with Crippen LogP contribution in [-0.2, 0) is 27.2 Å². The van der Waals surface area contributed by atoms with Gasteiger partial charge in [-0.25, -0.2) is 0 Å². The first-order valence-electron chi connectivity index (χ1n) is 14.8. The van der Waals surface area contributed by atoms with Crippen LogP contribution in [0.1, 0.15) is 74.5 Å². The monoisotopic (exact) mass is 602 g/mol. The molecule has 9 nitrogen and oxygen atoms in total. The second-order valence-corrected chi connectivity index (χ2v) is 13.2. The van der Waals surface area contributed by atoms with E-state index in [1.165, 1.54) is 13.8 Å². The van der Waals surface area contributed by atoms with Gasteiger partial charge in [0.2, 0.25) is 5.78 Å². The van der Waals surface area contributed by atoms with Gasteiger partial charge >= 0.3 is 0 Å². The number of carbonyl (C=O) groups is 4. The van der Waals surface area contributed by atoms with Crippen molar-refractivity contribution in [3.63, 3.8) is 0 Å². The molecule has 0 saturated heterocycles. The number of allylic oxidation sites excluding steroid dienone is 1. The van der Waals surface area contributed by atoms with Crippen LogP contribution < -0.4 is 0 Å². The molecule has 0 amide bonds. The van der Waals surface area contributed by atoms with E-state index in [2.05, 4.69) is 0 Å². The third-order valence-corrected chi connectivity index (χ3v) is 10.6. The minimum Gasteiger partial charge on any atom is -0.511 e. The molecule has 5 N–H and O–H groups in total. The van der Waals surface area contributed by atoms with E-state index in [4.69, 9.17) is 0 Å². The summed E-state index contributed by atoms with van der Waals surface area (Å²) in [5.74, 6) is -7.79. The number of rotatable bonds is 6. The normalized spacial score (nSPS) is 31.5. The van der Waals surface area contributed by atoms with Gasteiger partial charge in [-0.05, 0) is 29.9 Å². The largest absolute Gasteiger partial charge is 0.511 e. The van der Waals surface area contributed by atoms with Crippen LogP contribution in [-0.4, -0.2) is 60.4 Å². The predicted molar refractivity (Wildman–Crippen MR) is 160 cm³/mol. The van der Waals surface area contributed by atoms with Gasteiger partial charge < -0.3 is 25.5 Å². The van der Waals surface area contributed by atoms with Crippen LogP contribution >= 0.6 is 0 Å². The van der Waals surface area contributed by atoms with E-state index in [9.17, 15) is 44.7 Å². The standard InChI is InChI=1S/C35H38O9/c1-16(2)25-28(39)23(18(4)36)30(41)35(44)31(42)26-29(40)24-22(17(3)33(26,5)32(43)34(25,35)6)13-12-20(27(24)38)15-21(37)14-19-10-8-7-9-11-19/h7-13,16-17,25,32,38-39,42-44H,14-15H2,1-6H3/t17-,25?,32-,33+,34+,35+/m1/s1. The summed E-state index contributed by atoms with van der Waals surface area (Å²) in [7, 11) is 0. The Bertz CT molecular complexity index is 1680. The zero-order chi connectivity index (χ0) is 32.7. The summed E-state index contributed by atoms with van der Waals surface area (Å²) in [5.41, 5.74) is -6.56. The lowest BCUT2D eigenvalue weighted by atomic mass is 9.41. The van der Waals surface area contributed by atoms with Gasteiger partial charge in [-0.3, -0.25) is 19.2 Å². The smallest absolute Gasteiger partial charge is 0.209 e. The van der Waals surface area contributed by atoms with Crippen LogP contribution in [0.15, 0.2) is 65.1 Å². The highest BCUT2D eigenvalue weighted by Crippen LogP contribution is 2.67. The molecule has 3 aliphatic carbocycles. The van der Waals surface area contributed by atoms with Gasteiger partial charge in [0.1, 0.15) is 28.6 Å². The van der Waals surface area contributed by atoms with E-state index >= 15 is 0 Å². The Morgan fingerprint density at radius 3 is 2.14 bits per heavy atom. The SMILES string of the molecule is CC(=O)C1=C(O)C(C(C)C)[C@@]2(C)[C@H](O)[C@]3(C)C(=C(O)[C@@]2(O)C1=O)C(=O)c1c(ccc(CC(=O)Cc2ccccc2)c1O)[C@H]3C. The van der Waals surface area contributed by atoms with E-state index in [1.54, 1.807) is 32.9 Å². The van der Waals surface area contributed by atoms with Crippen LogP contribution in [0.5, 0.6) is 5.75 Å². The highest BCUT2D eigenvalue weighted by Gasteiger charge is 2.76. The fraction of sp³-hybridized carbons (Fsp3) is 0.429. The molecule has 0 aromatic heterocycles. The minimum atomic E-state index is -2.95. The molecule has 0 spiro atoms. The summed E-state index contributed by atoms with van der Waals surface area (Å²) in [6, 6.07) is 12.2. The molecule has 0 fully saturated rings. The molecule has 9 heteroatoms. The van der Waals surface area contributed by atoms with E-state index in [-0.39, 0.29) is 29.8 Å². The number of phenols is 1. The van der Waals surface area contributed by atoms with Crippen molar-refractivity contribution >= 4 is 23.1 Å². The quantitative estimate of drug-likeness (QED) is 0.304. The van der Waals surface area contributed by atoms with Crippen LogP contribution in [0.3, 0.4) is 0 Å². The van der Waals surface area contributed by atoms with E-state index < -0.39 is 86.1 Å². The Hall–Kier alpha value is -4.08. The molecule has 5 rings (SSSR count). The number of fused-ring (bicyclic) bond motifs is 3. The lowest BCUT2D eigenvalue weighted by Crippen LogP contribution is -2.73. The van der Waals surface area contributed by atoms with E-state index in [0.717, 1.165) is 12.5 Å². The van der Waals surface area contributed by atoms with Crippen molar-refractivity contribution in [2.75, 3.05) is 0 Å². The number of phenolic OH excluding ortho intramolecular Hbond substituents is 1. The molecular weight excluding hydrogens is 564 g/mol. The number of aliphatic hydroxyl groups is 4. The first-order chi connectivity index (χ1) is 20.5. The molecule has 0 saturated carbocycles. The summed E-state index contributed by atoms with van der Waals surface area (Å²) in [4.78, 5) is 53.6. The average Bonchev–Trinajstić information content (AvgIpc) is 2.94. The Morgan fingerprint density at radius 2 is 1.57 bits per heavy atom. The maximum atomic E-state index is 14.3. The van der Waals surface area contributed by atoms with E-state index in [0.29, 0.717) is 5.56 Å². The first-order valence-corrected chi connectivity index (χ1v) is 14.8. The van der Waals surface area contributed by atoms with Crippen molar-refractivity contribution in [1.82, 2.24) is 0 Å². The molecule has 0 radical (unpaired) electrons. The number of benzene rings is 2. The first kappa shape index (κ1) is 31.3. The van der Waals surface area contributed by atoms with Crippen molar-refractivity contribution in [2.24, 2.45) is 22.7 Å². The van der Waals surface area contributed by atoms with E-state index in [1.807, 2.05) is 30.3 Å². The summed E-state index contributed by atoms with van der Waals surface area (Å²) < 4.78 is 0. The van der Waals surface area contributed by atoms with Gasteiger partial charge in [-0.1, -0.05) is 77.1 Å². The second kappa shape index (κ2) is 10.2. The number of hydrogen-bond acceptors (Lipinski definition) is 9. The van der Waals surface area contributed by atoms with Gasteiger partial charge in [0.05, 0.1) is 17.2 Å². The highest BCUT2D eigenvalue weighted by molar-refractivity contribution is 6.25. The molecule has 0 bridgehead atoms. The molecule has 0 heterocycles. The zero-order valence-electron chi connectivity index (χ0n) is 25.6. The molecular formula is C35H38O9. The predicted octanol–water partition coefficient (Wildman–Crippen LogP) is 4.23. The fourth-order valence-electron chi connectivity index (χ4n) is 8.23. The maximum absolute atomic E-state index is 14.3. The van der Waals surface area contributed by atoms with Gasteiger partial charge in [0, 0.05) is 35.2 Å². The van der Waals surface area contributed by atoms with Crippen LogP contribution in [0.25, 0.3) is 0 Å². The van der Waals surface area contributed by atoms with Crippen molar-refractivity contribution < 1.29 is 44.7 Å². The molecule has 0 aliphatic heterocycles. The third-order valence-electron chi connectivity index (χ3n) is 10.6. The molecule has 232 valence electrons. The van der Waals surface area contributed by atoms with Gasteiger partial charge in [-0.2, -0.15) is 0 Å². The van der Waals surface area contributed by atoms with Crippen molar-refractivity contribution in [3.8, 4) is 5.75 Å². The van der Waals surface area contributed by atoms with Gasteiger partial charge in [0.25, 0.3) is 0 Å². The van der Waals surface area contributed by atoms with Gasteiger partial charge in [-0.15, -0.1) is 0 Å². The molecule has 3 aliphatic rings. The zero-order valence-corrected chi connectivity index (χ0v) is 25.6. The Labute approximate surface area is 255 Å². The number of Topliss-reactive ketones (excluding diaryl/α,β-unsaturated/α-hetero) is 4. The van der Waals surface area contributed by atoms with Crippen molar-refractivity contribution in [1.29, 1.82) is 0 Å². The number of aromatic hydroxyl groups is 1. The molecule has 44 heavy (non-hydrogen) atoms. The van der Waals surface area contributed by atoms with Crippen LogP contribution in [0.2, 0.25) is 0 Å². The minimum absolute atomic E-state index is 0.113. The molecule has 6 atom stereocenters. The molecule has 2 aromatic rings. The topological polar surface area (TPSA) is 169 Å². The summed E-state index contributed by atoms with van der Waals surface area (Å²) in [6.45, 7) is 9.03. The van der Waals surface area contributed by atoms with Crippen molar-refractivity contribution in [3.05, 3.63) is 87.4 Å². The Kier molecular flexibility index (Phi) is 7.30. The number of hydrogen-bond donors (Lipinski definition) is 5. The number of ketones is 4. The molecule has 2 aromatic carbocycles. The summed E-state index contributed by atoms with van der Waals surface area (Å²) >= 11 is 0. The number of aliphatic hydroxyl groups excluding tert-OH is 3. The average molecular weight is 603 g/mol. The Balaban J connectivity index is 1.70. The Morgan fingerprint density at radius 1 is 0.955 bits per heavy atom.